The lowest BCUT2D eigenvalue weighted by atomic mass is 9.92. The highest BCUT2D eigenvalue weighted by molar-refractivity contribution is 5.80. The molecule has 4 rings (SSSR count). The summed E-state index contributed by atoms with van der Waals surface area (Å²) in [6.07, 6.45) is 5.42. The number of rotatable bonds is 3. The second kappa shape index (κ2) is 5.58. The first-order chi connectivity index (χ1) is 11.7. The van der Waals surface area contributed by atoms with Gasteiger partial charge < -0.3 is 10.3 Å². The summed E-state index contributed by atoms with van der Waals surface area (Å²) in [7, 11) is 0. The highest BCUT2D eigenvalue weighted by Gasteiger charge is 2.32. The van der Waals surface area contributed by atoms with Gasteiger partial charge in [-0.05, 0) is 41.3 Å². The Morgan fingerprint density at radius 1 is 0.875 bits per heavy atom. The number of nitrogens with zero attached hydrogens (tertiary/aromatic N) is 2. The van der Waals surface area contributed by atoms with E-state index in [2.05, 4.69) is 4.98 Å². The van der Waals surface area contributed by atoms with Crippen LogP contribution < -0.4 is 5.73 Å². The van der Waals surface area contributed by atoms with Crippen LogP contribution in [0.1, 0.15) is 11.1 Å². The average Bonchev–Trinajstić information content (AvgIpc) is 3.07. The maximum Gasteiger partial charge on any atom is 0.146 e. The summed E-state index contributed by atoms with van der Waals surface area (Å²) in [6, 6.07) is 20.2. The van der Waals surface area contributed by atoms with Gasteiger partial charge in [-0.2, -0.15) is 0 Å². The first kappa shape index (κ1) is 14.6. The van der Waals surface area contributed by atoms with Crippen LogP contribution in [0.25, 0.3) is 10.9 Å². The smallest absolute Gasteiger partial charge is 0.146 e. The molecule has 2 N–H and O–H groups in total. The highest BCUT2D eigenvalue weighted by atomic mass is 19.1. The zero-order valence-corrected chi connectivity index (χ0v) is 12.9. The lowest BCUT2D eigenvalue weighted by molar-refractivity contribution is 0.461. The van der Waals surface area contributed by atoms with Crippen LogP contribution in [0.15, 0.2) is 85.3 Å². The van der Waals surface area contributed by atoms with Crippen LogP contribution in [-0.2, 0) is 5.66 Å². The third-order valence-corrected chi connectivity index (χ3v) is 4.37. The topological polar surface area (TPSA) is 43.8 Å². The van der Waals surface area contributed by atoms with Crippen molar-refractivity contribution in [2.45, 2.75) is 5.66 Å². The number of fused-ring (bicyclic) bond motifs is 1. The number of benzene rings is 2. The van der Waals surface area contributed by atoms with E-state index in [0.717, 1.165) is 22.0 Å². The minimum Gasteiger partial charge on any atom is -0.321 e. The molecule has 24 heavy (non-hydrogen) atoms. The van der Waals surface area contributed by atoms with Gasteiger partial charge in [0.2, 0.25) is 0 Å². The fourth-order valence-electron chi connectivity index (χ4n) is 3.13. The molecule has 2 aromatic carbocycles. The van der Waals surface area contributed by atoms with Crippen LogP contribution in [0.3, 0.4) is 0 Å². The molecule has 4 aromatic rings. The normalized spacial score (nSPS) is 13.8. The SMILES string of the molecule is NC(c1ccc(F)cc1)(c1cccnc1)n1ccc2ccccc21. The molecule has 3 nitrogen and oxygen atoms in total. The fraction of sp³-hybridized carbons (Fsp3) is 0.0500. The molecule has 0 amide bonds. The first-order valence-corrected chi connectivity index (χ1v) is 7.71. The number of aromatic nitrogens is 2. The monoisotopic (exact) mass is 317 g/mol. The van der Waals surface area contributed by atoms with E-state index >= 15 is 0 Å². The van der Waals surface area contributed by atoms with Gasteiger partial charge in [0.25, 0.3) is 0 Å². The summed E-state index contributed by atoms with van der Waals surface area (Å²) in [5, 5.41) is 1.10. The molecule has 0 fully saturated rings. The molecule has 2 heterocycles. The lowest BCUT2D eigenvalue weighted by Gasteiger charge is -2.33. The molecule has 0 spiro atoms. The molecule has 4 heteroatoms. The molecule has 0 aliphatic heterocycles. The van der Waals surface area contributed by atoms with Crippen molar-refractivity contribution in [1.29, 1.82) is 0 Å². The van der Waals surface area contributed by atoms with E-state index in [-0.39, 0.29) is 5.82 Å². The van der Waals surface area contributed by atoms with Crippen LogP contribution in [0.5, 0.6) is 0 Å². The number of pyridine rings is 1. The Bertz CT molecular complexity index is 977. The van der Waals surface area contributed by atoms with Gasteiger partial charge in [-0.1, -0.05) is 36.4 Å². The summed E-state index contributed by atoms with van der Waals surface area (Å²) in [5.41, 5.74) is 8.57. The quantitative estimate of drug-likeness (QED) is 0.623. The molecular formula is C20H16FN3. The van der Waals surface area contributed by atoms with Gasteiger partial charge in [-0.15, -0.1) is 0 Å². The molecule has 2 aromatic heterocycles. The van der Waals surface area contributed by atoms with E-state index in [1.165, 1.54) is 12.1 Å². The summed E-state index contributed by atoms with van der Waals surface area (Å²) in [6.45, 7) is 0. The Kier molecular flexibility index (Phi) is 3.40. The molecule has 0 saturated heterocycles. The molecule has 0 aliphatic rings. The van der Waals surface area contributed by atoms with Crippen molar-refractivity contribution in [2.24, 2.45) is 5.73 Å². The van der Waals surface area contributed by atoms with Gasteiger partial charge in [0.05, 0.1) is 5.52 Å². The predicted molar refractivity (Wildman–Crippen MR) is 92.9 cm³/mol. The summed E-state index contributed by atoms with van der Waals surface area (Å²) in [5.74, 6) is -0.287. The Morgan fingerprint density at radius 2 is 1.67 bits per heavy atom. The van der Waals surface area contributed by atoms with Crippen molar-refractivity contribution in [3.63, 3.8) is 0 Å². The highest BCUT2D eigenvalue weighted by Crippen LogP contribution is 2.32. The lowest BCUT2D eigenvalue weighted by Crippen LogP contribution is -2.45. The molecule has 1 unspecified atom stereocenters. The Labute approximate surface area is 139 Å². The summed E-state index contributed by atoms with van der Waals surface area (Å²) < 4.78 is 15.4. The van der Waals surface area contributed by atoms with E-state index in [1.54, 1.807) is 24.5 Å². The molecule has 0 bridgehead atoms. The number of halogens is 1. The third kappa shape index (κ3) is 2.20. The average molecular weight is 317 g/mol. The largest absolute Gasteiger partial charge is 0.321 e. The van der Waals surface area contributed by atoms with E-state index in [1.807, 2.05) is 53.2 Å². The van der Waals surface area contributed by atoms with Crippen LogP contribution in [-0.4, -0.2) is 9.55 Å². The van der Waals surface area contributed by atoms with Crippen molar-refractivity contribution in [2.75, 3.05) is 0 Å². The fourth-order valence-corrected chi connectivity index (χ4v) is 3.13. The zero-order chi connectivity index (χ0) is 16.6. The van der Waals surface area contributed by atoms with Crippen molar-refractivity contribution in [3.8, 4) is 0 Å². The second-order valence-electron chi connectivity index (χ2n) is 5.76. The Hall–Kier alpha value is -2.98. The van der Waals surface area contributed by atoms with Gasteiger partial charge in [0, 0.05) is 24.2 Å². The van der Waals surface area contributed by atoms with Crippen molar-refractivity contribution in [1.82, 2.24) is 9.55 Å². The number of para-hydroxylation sites is 1. The molecular weight excluding hydrogens is 301 g/mol. The van der Waals surface area contributed by atoms with E-state index in [4.69, 9.17) is 5.73 Å². The van der Waals surface area contributed by atoms with Gasteiger partial charge in [0.15, 0.2) is 0 Å². The maximum absolute atomic E-state index is 13.4. The summed E-state index contributed by atoms with van der Waals surface area (Å²) >= 11 is 0. The molecule has 1 atom stereocenters. The van der Waals surface area contributed by atoms with Gasteiger partial charge in [-0.25, -0.2) is 4.39 Å². The number of hydrogen-bond acceptors (Lipinski definition) is 2. The van der Waals surface area contributed by atoms with Crippen molar-refractivity contribution >= 4 is 10.9 Å². The Balaban J connectivity index is 2.02. The third-order valence-electron chi connectivity index (χ3n) is 4.37. The van der Waals surface area contributed by atoms with Gasteiger partial charge >= 0.3 is 0 Å². The molecule has 118 valence electrons. The second-order valence-corrected chi connectivity index (χ2v) is 5.76. The van der Waals surface area contributed by atoms with E-state index < -0.39 is 5.66 Å². The predicted octanol–water partition coefficient (Wildman–Crippen LogP) is 3.88. The van der Waals surface area contributed by atoms with E-state index in [9.17, 15) is 4.39 Å². The molecule has 0 radical (unpaired) electrons. The standard InChI is InChI=1S/C20H16FN3/c21-18-9-7-16(8-10-18)20(22,17-5-3-12-23-14-17)24-13-11-15-4-1-2-6-19(15)24/h1-14H,22H2. The van der Waals surface area contributed by atoms with Crippen LogP contribution in [0.2, 0.25) is 0 Å². The molecule has 0 aliphatic carbocycles. The maximum atomic E-state index is 13.4. The van der Waals surface area contributed by atoms with Crippen LogP contribution >= 0.6 is 0 Å². The van der Waals surface area contributed by atoms with Crippen molar-refractivity contribution in [3.05, 3.63) is 102 Å². The minimum atomic E-state index is -0.981. The number of nitrogens with two attached hydrogens (primary N) is 1. The van der Waals surface area contributed by atoms with E-state index in [0.29, 0.717) is 0 Å². The van der Waals surface area contributed by atoms with Gasteiger partial charge in [0.1, 0.15) is 11.5 Å². The molecule has 0 saturated carbocycles. The van der Waals surface area contributed by atoms with Crippen LogP contribution in [0.4, 0.5) is 4.39 Å². The zero-order valence-electron chi connectivity index (χ0n) is 12.9. The van der Waals surface area contributed by atoms with Crippen LogP contribution in [0, 0.1) is 5.82 Å². The first-order valence-electron chi connectivity index (χ1n) is 7.71. The van der Waals surface area contributed by atoms with Gasteiger partial charge in [-0.3, -0.25) is 4.98 Å². The minimum absolute atomic E-state index is 0.287. The van der Waals surface area contributed by atoms with Crippen molar-refractivity contribution < 1.29 is 4.39 Å². The number of hydrogen-bond donors (Lipinski definition) is 1. The summed E-state index contributed by atoms with van der Waals surface area (Å²) in [4.78, 5) is 4.22. The Morgan fingerprint density at radius 3 is 2.42 bits per heavy atom.